The van der Waals surface area contributed by atoms with Gasteiger partial charge in [-0.2, -0.15) is 0 Å². The van der Waals surface area contributed by atoms with Gasteiger partial charge in [0, 0.05) is 24.2 Å². The lowest BCUT2D eigenvalue weighted by Gasteiger charge is -2.19. The summed E-state index contributed by atoms with van der Waals surface area (Å²) in [6.07, 6.45) is 2.85. The number of hydrogen-bond donors (Lipinski definition) is 4. The Balaban J connectivity index is 2.88. The molecule has 0 bridgehead atoms. The van der Waals surface area contributed by atoms with Gasteiger partial charge in [0.25, 0.3) is 0 Å². The van der Waals surface area contributed by atoms with E-state index < -0.39 is 24.0 Å². The Bertz CT molecular complexity index is 388. The van der Waals surface area contributed by atoms with Crippen LogP contribution >= 0.6 is 0 Å². The van der Waals surface area contributed by atoms with E-state index in [2.05, 4.69) is 9.97 Å². The molecule has 1 aromatic heterocycles. The van der Waals surface area contributed by atoms with E-state index in [1.54, 1.807) is 6.92 Å². The summed E-state index contributed by atoms with van der Waals surface area (Å²) in [5, 5.41) is 8.90. The molecule has 94 valence electrons. The van der Waals surface area contributed by atoms with Crippen LogP contribution in [0.1, 0.15) is 25.0 Å². The second kappa shape index (κ2) is 5.55. The number of nitrogens with zero attached hydrogens (tertiary/aromatic N) is 1. The van der Waals surface area contributed by atoms with Crippen LogP contribution in [0.3, 0.4) is 0 Å². The number of Topliss-reactive ketones (excluding diaryl/α,β-unsaturated/α-hetero) is 1. The van der Waals surface area contributed by atoms with Crippen LogP contribution < -0.4 is 11.5 Å². The summed E-state index contributed by atoms with van der Waals surface area (Å²) in [5.74, 6) is -2.04. The van der Waals surface area contributed by atoms with Gasteiger partial charge in [0.05, 0.1) is 12.4 Å². The van der Waals surface area contributed by atoms with E-state index in [0.717, 1.165) is 0 Å². The zero-order chi connectivity index (χ0) is 13.0. The summed E-state index contributed by atoms with van der Waals surface area (Å²) >= 11 is 0. The molecule has 6 N–H and O–H groups in total. The van der Waals surface area contributed by atoms with Crippen LogP contribution in [0.2, 0.25) is 0 Å². The molecule has 7 heteroatoms. The normalized spacial score (nSPS) is 16.2. The first-order valence-electron chi connectivity index (χ1n) is 5.18. The summed E-state index contributed by atoms with van der Waals surface area (Å²) in [6.45, 7) is 1.55. The topological polar surface area (TPSA) is 135 Å². The molecule has 0 aliphatic rings. The van der Waals surface area contributed by atoms with Gasteiger partial charge in [-0.1, -0.05) is 0 Å². The summed E-state index contributed by atoms with van der Waals surface area (Å²) in [4.78, 5) is 29.0. The molecule has 0 amide bonds. The number of aromatic amines is 1. The Morgan fingerprint density at radius 1 is 1.53 bits per heavy atom. The number of aromatic nitrogens is 2. The first-order valence-corrected chi connectivity index (χ1v) is 5.18. The predicted octanol–water partition coefficient (Wildman–Crippen LogP) is -0.788. The van der Waals surface area contributed by atoms with Crippen molar-refractivity contribution in [1.29, 1.82) is 0 Å². The van der Waals surface area contributed by atoms with Crippen LogP contribution in [-0.4, -0.2) is 38.9 Å². The molecule has 1 aromatic rings. The molecule has 17 heavy (non-hydrogen) atoms. The van der Waals surface area contributed by atoms with E-state index in [4.69, 9.17) is 16.6 Å². The average Bonchev–Trinajstić information content (AvgIpc) is 2.77. The molecule has 0 aromatic carbocycles. The second-order valence-electron chi connectivity index (χ2n) is 3.94. The lowest BCUT2D eigenvalue weighted by Crippen LogP contribution is -2.39. The third-order valence-corrected chi connectivity index (χ3v) is 2.57. The minimum Gasteiger partial charge on any atom is -0.480 e. The molecule has 7 nitrogen and oxygen atoms in total. The summed E-state index contributed by atoms with van der Waals surface area (Å²) < 4.78 is 0. The molecule has 0 aliphatic heterocycles. The fourth-order valence-electron chi connectivity index (χ4n) is 1.47. The first kappa shape index (κ1) is 13.3. The average molecular weight is 240 g/mol. The highest BCUT2D eigenvalue weighted by Gasteiger charge is 2.29. The highest BCUT2D eigenvalue weighted by molar-refractivity contribution is 5.85. The highest BCUT2D eigenvalue weighted by Crippen LogP contribution is 2.21. The van der Waals surface area contributed by atoms with Crippen molar-refractivity contribution in [2.24, 2.45) is 11.5 Å². The standard InChI is InChI=1S/C10H16N4O3/c1-5(11)8(15)2-6(9(12)10(16)17)7-3-13-4-14-7/h3-6,9H,2,11-12H2,1H3,(H,13,14)(H,16,17)/t5-,6?,9-/m0/s1. The van der Waals surface area contributed by atoms with Crippen molar-refractivity contribution in [3.05, 3.63) is 18.2 Å². The Morgan fingerprint density at radius 2 is 2.18 bits per heavy atom. The third kappa shape index (κ3) is 3.36. The van der Waals surface area contributed by atoms with Gasteiger partial charge >= 0.3 is 5.97 Å². The number of rotatable bonds is 6. The van der Waals surface area contributed by atoms with E-state index in [0.29, 0.717) is 5.69 Å². The number of carboxylic acid groups (broad SMARTS) is 1. The van der Waals surface area contributed by atoms with Crippen molar-refractivity contribution < 1.29 is 14.7 Å². The molecule has 1 rings (SSSR count). The number of ketones is 1. The van der Waals surface area contributed by atoms with Crippen LogP contribution in [0, 0.1) is 0 Å². The van der Waals surface area contributed by atoms with Gasteiger partial charge in [0.1, 0.15) is 11.8 Å². The van der Waals surface area contributed by atoms with E-state index >= 15 is 0 Å². The minimum atomic E-state index is -1.17. The van der Waals surface area contributed by atoms with Crippen molar-refractivity contribution in [2.45, 2.75) is 31.3 Å². The van der Waals surface area contributed by atoms with Crippen LogP contribution in [0.4, 0.5) is 0 Å². The van der Waals surface area contributed by atoms with Crippen molar-refractivity contribution in [3.63, 3.8) is 0 Å². The quantitative estimate of drug-likeness (QED) is 0.514. The minimum absolute atomic E-state index is 0.0205. The molecule has 0 aliphatic carbocycles. The van der Waals surface area contributed by atoms with E-state index in [1.807, 2.05) is 0 Å². The number of nitrogens with one attached hydrogen (secondary N) is 1. The van der Waals surface area contributed by atoms with Gasteiger partial charge in [0.15, 0.2) is 0 Å². The zero-order valence-corrected chi connectivity index (χ0v) is 9.46. The first-order chi connectivity index (χ1) is 7.93. The molecule has 0 saturated heterocycles. The van der Waals surface area contributed by atoms with Crippen molar-refractivity contribution in [3.8, 4) is 0 Å². The molecule has 1 heterocycles. The smallest absolute Gasteiger partial charge is 0.321 e. The monoisotopic (exact) mass is 240 g/mol. The second-order valence-corrected chi connectivity index (χ2v) is 3.94. The molecular weight excluding hydrogens is 224 g/mol. The summed E-state index contributed by atoms with van der Waals surface area (Å²) in [5.41, 5.74) is 11.5. The third-order valence-electron chi connectivity index (χ3n) is 2.57. The van der Waals surface area contributed by atoms with Crippen molar-refractivity contribution in [2.75, 3.05) is 0 Å². The maximum atomic E-state index is 11.6. The summed E-state index contributed by atoms with van der Waals surface area (Å²) in [6, 6.07) is -1.81. The Hall–Kier alpha value is -1.73. The zero-order valence-electron chi connectivity index (χ0n) is 9.46. The van der Waals surface area contributed by atoms with Crippen LogP contribution in [-0.2, 0) is 9.59 Å². The van der Waals surface area contributed by atoms with Gasteiger partial charge in [-0.05, 0) is 6.92 Å². The lowest BCUT2D eigenvalue weighted by atomic mass is 9.90. The lowest BCUT2D eigenvalue weighted by molar-refractivity contribution is -0.139. The number of imidazole rings is 1. The largest absolute Gasteiger partial charge is 0.480 e. The van der Waals surface area contributed by atoms with Crippen LogP contribution in [0.25, 0.3) is 0 Å². The van der Waals surface area contributed by atoms with Gasteiger partial charge < -0.3 is 21.6 Å². The molecular formula is C10H16N4O3. The van der Waals surface area contributed by atoms with E-state index in [-0.39, 0.29) is 12.2 Å². The van der Waals surface area contributed by atoms with Gasteiger partial charge in [0.2, 0.25) is 0 Å². The number of hydrogen-bond acceptors (Lipinski definition) is 5. The molecule has 1 unspecified atom stereocenters. The maximum absolute atomic E-state index is 11.6. The SMILES string of the molecule is C[C@H](N)C(=O)CC(c1cnc[nH]1)[C@H](N)C(=O)O. The number of carbonyl (C=O) groups is 2. The fourth-order valence-corrected chi connectivity index (χ4v) is 1.47. The van der Waals surface area contributed by atoms with Crippen molar-refractivity contribution in [1.82, 2.24) is 9.97 Å². The van der Waals surface area contributed by atoms with Gasteiger partial charge in [-0.3, -0.25) is 9.59 Å². The number of nitrogens with two attached hydrogens (primary N) is 2. The van der Waals surface area contributed by atoms with Crippen molar-refractivity contribution >= 4 is 11.8 Å². The summed E-state index contributed by atoms with van der Waals surface area (Å²) in [7, 11) is 0. The number of aliphatic carboxylic acids is 1. The number of carboxylic acids is 1. The van der Waals surface area contributed by atoms with Crippen LogP contribution in [0.15, 0.2) is 12.5 Å². The fraction of sp³-hybridized carbons (Fsp3) is 0.500. The predicted molar refractivity (Wildman–Crippen MR) is 60.2 cm³/mol. The molecule has 0 radical (unpaired) electrons. The van der Waals surface area contributed by atoms with Gasteiger partial charge in [-0.15, -0.1) is 0 Å². The number of carbonyl (C=O) groups excluding carboxylic acids is 1. The molecule has 0 spiro atoms. The van der Waals surface area contributed by atoms with Gasteiger partial charge in [-0.25, -0.2) is 4.98 Å². The molecule has 3 atom stereocenters. The molecule has 0 saturated carbocycles. The van der Waals surface area contributed by atoms with E-state index in [1.165, 1.54) is 12.5 Å². The Kier molecular flexibility index (Phi) is 4.36. The maximum Gasteiger partial charge on any atom is 0.321 e. The Labute approximate surface area is 98.2 Å². The highest BCUT2D eigenvalue weighted by atomic mass is 16.4. The Morgan fingerprint density at radius 3 is 2.59 bits per heavy atom. The molecule has 0 fully saturated rings. The van der Waals surface area contributed by atoms with Crippen LogP contribution in [0.5, 0.6) is 0 Å². The van der Waals surface area contributed by atoms with E-state index in [9.17, 15) is 9.59 Å². The number of H-pyrrole nitrogens is 1.